The normalized spacial score (nSPS) is 17.3. The monoisotopic (exact) mass is 209 g/mol. The van der Waals surface area contributed by atoms with Crippen LogP contribution >= 0.6 is 0 Å². The van der Waals surface area contributed by atoms with Crippen LogP contribution in [-0.2, 0) is 9.59 Å². The quantitative estimate of drug-likeness (QED) is 0.549. The Labute approximate surface area is 88.9 Å². The van der Waals surface area contributed by atoms with E-state index in [-0.39, 0.29) is 5.91 Å². The lowest BCUT2D eigenvalue weighted by Gasteiger charge is -2.27. The average Bonchev–Trinajstić information content (AvgIpc) is 2.18. The average molecular weight is 209 g/mol. The van der Waals surface area contributed by atoms with Gasteiger partial charge in [-0.15, -0.1) is 0 Å². The van der Waals surface area contributed by atoms with E-state index >= 15 is 0 Å². The summed E-state index contributed by atoms with van der Waals surface area (Å²) in [6.07, 6.45) is 2.86. The molecular formula is C11H15NO3. The first-order valence-corrected chi connectivity index (χ1v) is 4.86. The maximum absolute atomic E-state index is 11.5. The molecule has 1 heterocycles. The zero-order chi connectivity index (χ0) is 11.4. The van der Waals surface area contributed by atoms with Gasteiger partial charge in [-0.05, 0) is 20.3 Å². The van der Waals surface area contributed by atoms with Crippen LogP contribution in [0.4, 0.5) is 0 Å². The van der Waals surface area contributed by atoms with Gasteiger partial charge in [0.2, 0.25) is 5.91 Å². The number of carboxylic acid groups (broad SMARTS) is 1. The molecule has 0 aromatic heterocycles. The van der Waals surface area contributed by atoms with E-state index in [2.05, 4.69) is 6.92 Å². The number of rotatable bonds is 2. The minimum absolute atomic E-state index is 0.232. The van der Waals surface area contributed by atoms with E-state index in [9.17, 15) is 9.59 Å². The highest BCUT2D eigenvalue weighted by Crippen LogP contribution is 2.16. The van der Waals surface area contributed by atoms with E-state index in [1.165, 1.54) is 11.1 Å². The number of carboxylic acids is 1. The predicted octanol–water partition coefficient (Wildman–Crippen LogP) is 1.20. The summed E-state index contributed by atoms with van der Waals surface area (Å²) in [6, 6.07) is 0. The highest BCUT2D eigenvalue weighted by Gasteiger charge is 2.16. The standard InChI is InChI=1S/C11H15NO3/c1-8-5-6-12(7-9(8)2)10(13)3-4-11(14)15/h3-4H,5-7H2,1-2H3,(H,14,15)/b4-3-. The van der Waals surface area contributed by atoms with E-state index < -0.39 is 5.97 Å². The van der Waals surface area contributed by atoms with E-state index in [1.54, 1.807) is 4.90 Å². The predicted molar refractivity (Wildman–Crippen MR) is 56.3 cm³/mol. The van der Waals surface area contributed by atoms with E-state index in [0.29, 0.717) is 13.1 Å². The second-order valence-electron chi connectivity index (χ2n) is 3.74. The number of carbonyl (C=O) groups excluding carboxylic acids is 1. The van der Waals surface area contributed by atoms with Crippen LogP contribution in [0, 0.1) is 0 Å². The molecule has 1 amide bonds. The van der Waals surface area contributed by atoms with Crippen molar-refractivity contribution in [2.75, 3.05) is 13.1 Å². The van der Waals surface area contributed by atoms with Crippen molar-refractivity contribution in [3.8, 4) is 0 Å². The van der Waals surface area contributed by atoms with Gasteiger partial charge in [0.05, 0.1) is 0 Å². The lowest BCUT2D eigenvalue weighted by molar-refractivity contribution is -0.132. The van der Waals surface area contributed by atoms with Gasteiger partial charge in [0.25, 0.3) is 0 Å². The first kappa shape index (κ1) is 11.5. The molecule has 0 spiro atoms. The summed E-state index contributed by atoms with van der Waals surface area (Å²) in [4.78, 5) is 23.4. The molecule has 0 saturated carbocycles. The largest absolute Gasteiger partial charge is 0.478 e. The summed E-state index contributed by atoms with van der Waals surface area (Å²) in [5, 5.41) is 8.39. The maximum Gasteiger partial charge on any atom is 0.328 e. The number of amides is 1. The molecule has 1 N–H and O–H groups in total. The van der Waals surface area contributed by atoms with Crippen molar-refractivity contribution in [2.45, 2.75) is 20.3 Å². The van der Waals surface area contributed by atoms with Crippen molar-refractivity contribution < 1.29 is 14.7 Å². The molecule has 0 bridgehead atoms. The van der Waals surface area contributed by atoms with Crippen LogP contribution < -0.4 is 0 Å². The first-order valence-electron chi connectivity index (χ1n) is 4.86. The Kier molecular flexibility index (Phi) is 3.66. The van der Waals surface area contributed by atoms with Crippen LogP contribution in [0.25, 0.3) is 0 Å². The van der Waals surface area contributed by atoms with E-state index in [0.717, 1.165) is 18.6 Å². The van der Waals surface area contributed by atoms with Gasteiger partial charge in [0, 0.05) is 25.2 Å². The second kappa shape index (κ2) is 4.77. The summed E-state index contributed by atoms with van der Waals surface area (Å²) in [7, 11) is 0. The van der Waals surface area contributed by atoms with Crippen LogP contribution in [0.2, 0.25) is 0 Å². The van der Waals surface area contributed by atoms with Gasteiger partial charge >= 0.3 is 5.97 Å². The van der Waals surface area contributed by atoms with Gasteiger partial charge in [-0.3, -0.25) is 4.79 Å². The molecular weight excluding hydrogens is 194 g/mol. The maximum atomic E-state index is 11.5. The van der Waals surface area contributed by atoms with Crippen molar-refractivity contribution >= 4 is 11.9 Å². The lowest BCUT2D eigenvalue weighted by Crippen LogP contribution is -2.35. The molecule has 0 saturated heterocycles. The van der Waals surface area contributed by atoms with Gasteiger partial charge in [0.1, 0.15) is 0 Å². The molecule has 0 unspecified atom stereocenters. The van der Waals surface area contributed by atoms with Crippen molar-refractivity contribution in [3.63, 3.8) is 0 Å². The third kappa shape index (κ3) is 3.23. The Bertz CT molecular complexity index is 342. The Morgan fingerprint density at radius 3 is 2.47 bits per heavy atom. The molecule has 0 aromatic rings. The summed E-state index contributed by atoms with van der Waals surface area (Å²) >= 11 is 0. The van der Waals surface area contributed by atoms with Gasteiger partial charge < -0.3 is 10.0 Å². The topological polar surface area (TPSA) is 57.6 Å². The highest BCUT2D eigenvalue weighted by atomic mass is 16.4. The zero-order valence-electron chi connectivity index (χ0n) is 8.99. The van der Waals surface area contributed by atoms with Gasteiger partial charge in [-0.2, -0.15) is 0 Å². The third-order valence-electron chi connectivity index (χ3n) is 2.59. The molecule has 0 atom stereocenters. The lowest BCUT2D eigenvalue weighted by atomic mass is 10.0. The summed E-state index contributed by atoms with van der Waals surface area (Å²) in [6.45, 7) is 5.33. The molecule has 0 aliphatic carbocycles. The molecule has 82 valence electrons. The van der Waals surface area contributed by atoms with Crippen LogP contribution in [0.15, 0.2) is 23.3 Å². The van der Waals surface area contributed by atoms with Crippen molar-refractivity contribution in [1.29, 1.82) is 0 Å². The van der Waals surface area contributed by atoms with E-state index in [4.69, 9.17) is 5.11 Å². The van der Waals surface area contributed by atoms with Gasteiger partial charge in [-0.1, -0.05) is 11.1 Å². The summed E-state index contributed by atoms with van der Waals surface area (Å²) in [5.41, 5.74) is 2.51. The smallest absolute Gasteiger partial charge is 0.328 e. The minimum Gasteiger partial charge on any atom is -0.478 e. The Hall–Kier alpha value is -1.58. The van der Waals surface area contributed by atoms with Crippen molar-refractivity contribution in [3.05, 3.63) is 23.3 Å². The summed E-state index contributed by atoms with van der Waals surface area (Å²) in [5.74, 6) is -1.33. The van der Waals surface area contributed by atoms with Crippen molar-refractivity contribution in [1.82, 2.24) is 4.90 Å². The first-order chi connectivity index (χ1) is 7.00. The second-order valence-corrected chi connectivity index (χ2v) is 3.74. The fourth-order valence-electron chi connectivity index (χ4n) is 1.45. The van der Waals surface area contributed by atoms with Gasteiger partial charge in [0.15, 0.2) is 0 Å². The minimum atomic E-state index is -1.09. The van der Waals surface area contributed by atoms with Crippen molar-refractivity contribution in [2.24, 2.45) is 0 Å². The molecule has 4 heteroatoms. The number of nitrogens with zero attached hydrogens (tertiary/aromatic N) is 1. The number of carbonyl (C=O) groups is 2. The Balaban J connectivity index is 2.61. The van der Waals surface area contributed by atoms with Crippen LogP contribution in [0.1, 0.15) is 20.3 Å². The zero-order valence-corrected chi connectivity index (χ0v) is 8.99. The number of hydrogen-bond acceptors (Lipinski definition) is 2. The fraction of sp³-hybridized carbons (Fsp3) is 0.455. The van der Waals surface area contributed by atoms with E-state index in [1.807, 2.05) is 6.92 Å². The number of aliphatic carboxylic acids is 1. The molecule has 15 heavy (non-hydrogen) atoms. The van der Waals surface area contributed by atoms with Gasteiger partial charge in [-0.25, -0.2) is 4.79 Å². The fourth-order valence-corrected chi connectivity index (χ4v) is 1.45. The molecule has 0 fully saturated rings. The molecule has 0 radical (unpaired) electrons. The molecule has 1 aliphatic heterocycles. The molecule has 0 aromatic carbocycles. The van der Waals surface area contributed by atoms with Crippen LogP contribution in [0.3, 0.4) is 0 Å². The third-order valence-corrected chi connectivity index (χ3v) is 2.59. The molecule has 1 rings (SSSR count). The molecule has 4 nitrogen and oxygen atoms in total. The summed E-state index contributed by atoms with van der Waals surface area (Å²) < 4.78 is 0. The van der Waals surface area contributed by atoms with Crippen LogP contribution in [-0.4, -0.2) is 35.0 Å². The van der Waals surface area contributed by atoms with Crippen LogP contribution in [0.5, 0.6) is 0 Å². The Morgan fingerprint density at radius 1 is 1.27 bits per heavy atom. The highest BCUT2D eigenvalue weighted by molar-refractivity contribution is 5.94. The SMILES string of the molecule is CC1=C(C)CN(C(=O)/C=C\C(=O)O)CC1. The molecule has 1 aliphatic rings. The number of hydrogen-bond donors (Lipinski definition) is 1. The Morgan fingerprint density at radius 2 is 1.93 bits per heavy atom.